The summed E-state index contributed by atoms with van der Waals surface area (Å²) in [7, 11) is 0. The third-order valence-corrected chi connectivity index (χ3v) is 3.81. The molecule has 0 spiro atoms. The highest BCUT2D eigenvalue weighted by Crippen LogP contribution is 2.23. The normalized spacial score (nSPS) is 10.6. The molecule has 1 N–H and O–H groups in total. The number of nitrogens with zero attached hydrogens (tertiary/aromatic N) is 1. The first-order valence-corrected chi connectivity index (χ1v) is 7.22. The third-order valence-electron chi connectivity index (χ3n) is 2.89. The second-order valence-corrected chi connectivity index (χ2v) is 5.52. The van der Waals surface area contributed by atoms with Crippen molar-refractivity contribution in [1.29, 1.82) is 0 Å². The Kier molecular flexibility index (Phi) is 4.97. The Hall–Kier alpha value is -1.16. The molecule has 0 radical (unpaired) electrons. The molecule has 1 heterocycles. The van der Waals surface area contributed by atoms with Crippen LogP contribution in [0.5, 0.6) is 0 Å². The van der Waals surface area contributed by atoms with E-state index in [1.165, 1.54) is 6.07 Å². The summed E-state index contributed by atoms with van der Waals surface area (Å²) in [6.07, 6.45) is 0. The smallest absolute Gasteiger partial charge is 0.270 e. The van der Waals surface area contributed by atoms with E-state index in [0.717, 1.165) is 5.56 Å². The van der Waals surface area contributed by atoms with Crippen LogP contribution < -0.4 is 0 Å². The van der Waals surface area contributed by atoms with Gasteiger partial charge in [0.2, 0.25) is 0 Å². The van der Waals surface area contributed by atoms with Gasteiger partial charge in [-0.1, -0.05) is 46.9 Å². The summed E-state index contributed by atoms with van der Waals surface area (Å²) in [5.74, 6) is -0.152. The fourth-order valence-corrected chi connectivity index (χ4v) is 2.40. The first-order valence-electron chi connectivity index (χ1n) is 6.09. The number of hydrogen-bond acceptors (Lipinski definition) is 1. The van der Waals surface area contributed by atoms with Crippen LogP contribution in [-0.2, 0) is 6.54 Å². The van der Waals surface area contributed by atoms with Crippen LogP contribution in [0, 0.1) is 0 Å². The summed E-state index contributed by atoms with van der Waals surface area (Å²) in [5.41, 5.74) is 1.35. The monoisotopic (exact) mass is 330 g/mol. The van der Waals surface area contributed by atoms with Crippen molar-refractivity contribution in [3.63, 3.8) is 0 Å². The van der Waals surface area contributed by atoms with Crippen molar-refractivity contribution >= 4 is 40.7 Å². The summed E-state index contributed by atoms with van der Waals surface area (Å²) >= 11 is 17.6. The number of halogens is 3. The number of carbonyl (C=O) groups excluding carboxylic acids is 1. The Morgan fingerprint density at radius 3 is 2.55 bits per heavy atom. The Bertz CT molecular complexity index is 605. The van der Waals surface area contributed by atoms with Gasteiger partial charge in [0.1, 0.15) is 10.8 Å². The maximum Gasteiger partial charge on any atom is 0.270 e. The lowest BCUT2D eigenvalue weighted by atomic mass is 10.2. The summed E-state index contributed by atoms with van der Waals surface area (Å²) in [4.78, 5) is 16.8. The standard InChI is InChI=1S/C14H13Cl3N2O/c1-2-19(8-9-4-3-5-10(15)6-9)14(20)12-7-11(16)13(17)18-12/h3-7,18H,2,8H2,1H3. The SMILES string of the molecule is CCN(Cc1cccc(Cl)c1)C(=O)c1cc(Cl)c(Cl)[nH]1. The van der Waals surface area contributed by atoms with E-state index in [-0.39, 0.29) is 11.1 Å². The Labute approximate surface area is 132 Å². The minimum atomic E-state index is -0.152. The van der Waals surface area contributed by atoms with E-state index >= 15 is 0 Å². The van der Waals surface area contributed by atoms with Gasteiger partial charge in [-0.2, -0.15) is 0 Å². The molecule has 3 nitrogen and oxygen atoms in total. The molecule has 0 aliphatic heterocycles. The second kappa shape index (κ2) is 6.53. The first kappa shape index (κ1) is 15.2. The van der Waals surface area contributed by atoms with Crippen LogP contribution >= 0.6 is 34.8 Å². The van der Waals surface area contributed by atoms with Crippen molar-refractivity contribution in [3.8, 4) is 0 Å². The number of aromatic amines is 1. The molecule has 20 heavy (non-hydrogen) atoms. The van der Waals surface area contributed by atoms with Crippen molar-refractivity contribution in [2.75, 3.05) is 6.54 Å². The van der Waals surface area contributed by atoms with Crippen LogP contribution in [0.3, 0.4) is 0 Å². The second-order valence-electron chi connectivity index (χ2n) is 4.29. The number of nitrogens with one attached hydrogen (secondary N) is 1. The lowest BCUT2D eigenvalue weighted by Gasteiger charge is -2.20. The van der Waals surface area contributed by atoms with Crippen LogP contribution in [0.1, 0.15) is 23.0 Å². The van der Waals surface area contributed by atoms with Gasteiger partial charge >= 0.3 is 0 Å². The molecule has 0 aliphatic rings. The number of rotatable bonds is 4. The van der Waals surface area contributed by atoms with Gasteiger partial charge in [0.15, 0.2) is 0 Å². The molecule has 1 aromatic carbocycles. The Morgan fingerprint density at radius 1 is 1.25 bits per heavy atom. The summed E-state index contributed by atoms with van der Waals surface area (Å²) in [5, 5.41) is 1.26. The molecule has 0 atom stereocenters. The zero-order valence-corrected chi connectivity index (χ0v) is 13.1. The van der Waals surface area contributed by atoms with Crippen LogP contribution in [0.15, 0.2) is 30.3 Å². The molecule has 2 aromatic rings. The van der Waals surface area contributed by atoms with Gasteiger partial charge in [0.25, 0.3) is 5.91 Å². The van der Waals surface area contributed by atoms with Crippen molar-refractivity contribution in [2.24, 2.45) is 0 Å². The molecule has 0 fully saturated rings. The van der Waals surface area contributed by atoms with E-state index < -0.39 is 0 Å². The maximum atomic E-state index is 12.4. The average molecular weight is 332 g/mol. The molecule has 0 unspecified atom stereocenters. The molecule has 0 bridgehead atoms. The summed E-state index contributed by atoms with van der Waals surface area (Å²) in [6, 6.07) is 8.96. The lowest BCUT2D eigenvalue weighted by Crippen LogP contribution is -2.30. The zero-order valence-electron chi connectivity index (χ0n) is 10.8. The van der Waals surface area contributed by atoms with Gasteiger partial charge in [-0.15, -0.1) is 0 Å². The largest absolute Gasteiger partial charge is 0.340 e. The minimum absolute atomic E-state index is 0.152. The van der Waals surface area contributed by atoms with E-state index in [9.17, 15) is 4.79 Å². The number of carbonyl (C=O) groups is 1. The average Bonchev–Trinajstić information content (AvgIpc) is 2.75. The van der Waals surface area contributed by atoms with Crippen molar-refractivity contribution < 1.29 is 4.79 Å². The van der Waals surface area contributed by atoms with Crippen molar-refractivity contribution in [2.45, 2.75) is 13.5 Å². The molecular weight excluding hydrogens is 319 g/mol. The van der Waals surface area contributed by atoms with Gasteiger partial charge < -0.3 is 9.88 Å². The van der Waals surface area contributed by atoms with Crippen molar-refractivity contribution in [3.05, 3.63) is 56.8 Å². The summed E-state index contributed by atoms with van der Waals surface area (Å²) < 4.78 is 0. The minimum Gasteiger partial charge on any atom is -0.340 e. The van der Waals surface area contributed by atoms with Gasteiger partial charge in [0, 0.05) is 18.1 Å². The maximum absolute atomic E-state index is 12.4. The molecule has 0 saturated carbocycles. The number of benzene rings is 1. The van der Waals surface area contributed by atoms with Crippen LogP contribution in [0.4, 0.5) is 0 Å². The molecule has 6 heteroatoms. The topological polar surface area (TPSA) is 36.1 Å². The van der Waals surface area contributed by atoms with E-state index in [1.54, 1.807) is 11.0 Å². The highest BCUT2D eigenvalue weighted by atomic mass is 35.5. The molecule has 0 saturated heterocycles. The van der Waals surface area contributed by atoms with Crippen LogP contribution in [0.2, 0.25) is 15.2 Å². The number of amides is 1. The Morgan fingerprint density at radius 2 is 2.00 bits per heavy atom. The van der Waals surface area contributed by atoms with Gasteiger partial charge in [-0.05, 0) is 30.7 Å². The predicted octanol–water partition coefficient (Wildman–Crippen LogP) is 4.64. The molecule has 1 amide bonds. The molecule has 1 aromatic heterocycles. The van der Waals surface area contributed by atoms with Crippen molar-refractivity contribution in [1.82, 2.24) is 9.88 Å². The third kappa shape index (κ3) is 3.48. The zero-order chi connectivity index (χ0) is 14.7. The Balaban J connectivity index is 2.17. The number of H-pyrrole nitrogens is 1. The molecule has 0 aliphatic carbocycles. The van der Waals surface area contributed by atoms with Crippen LogP contribution in [0.25, 0.3) is 0 Å². The predicted molar refractivity (Wildman–Crippen MR) is 82.7 cm³/mol. The lowest BCUT2D eigenvalue weighted by molar-refractivity contribution is 0.0747. The van der Waals surface area contributed by atoms with Gasteiger partial charge in [-0.25, -0.2) is 0 Å². The quantitative estimate of drug-likeness (QED) is 0.870. The van der Waals surface area contributed by atoms with E-state index in [1.807, 2.05) is 25.1 Å². The van der Waals surface area contributed by atoms with E-state index in [2.05, 4.69) is 4.98 Å². The van der Waals surface area contributed by atoms with E-state index in [0.29, 0.717) is 28.8 Å². The molecule has 106 valence electrons. The van der Waals surface area contributed by atoms with E-state index in [4.69, 9.17) is 34.8 Å². The highest BCUT2D eigenvalue weighted by Gasteiger charge is 2.18. The summed E-state index contributed by atoms with van der Waals surface area (Å²) in [6.45, 7) is 2.96. The first-order chi connectivity index (χ1) is 9.51. The molecule has 2 rings (SSSR count). The fraction of sp³-hybridized carbons (Fsp3) is 0.214. The highest BCUT2D eigenvalue weighted by molar-refractivity contribution is 6.41. The van der Waals surface area contributed by atoms with Crippen LogP contribution in [-0.4, -0.2) is 22.3 Å². The van der Waals surface area contributed by atoms with Gasteiger partial charge in [-0.3, -0.25) is 4.79 Å². The number of aromatic nitrogens is 1. The molecular formula is C14H13Cl3N2O. The number of hydrogen-bond donors (Lipinski definition) is 1. The fourth-order valence-electron chi connectivity index (χ4n) is 1.87. The van der Waals surface area contributed by atoms with Gasteiger partial charge in [0.05, 0.1) is 5.02 Å².